The summed E-state index contributed by atoms with van der Waals surface area (Å²) in [6.07, 6.45) is 4.07. The van der Waals surface area contributed by atoms with Crippen LogP contribution in [0.15, 0.2) is 24.3 Å². The maximum Gasteiger partial charge on any atom is 0.122 e. The Labute approximate surface area is 90.9 Å². The van der Waals surface area contributed by atoms with Gasteiger partial charge in [-0.3, -0.25) is 0 Å². The van der Waals surface area contributed by atoms with Gasteiger partial charge in [0.15, 0.2) is 0 Å². The van der Waals surface area contributed by atoms with Crippen LogP contribution >= 0.6 is 0 Å². The number of hydrogen-bond donors (Lipinski definition) is 1. The van der Waals surface area contributed by atoms with Gasteiger partial charge in [0.05, 0.1) is 13.2 Å². The highest BCUT2D eigenvalue weighted by atomic mass is 16.5. The van der Waals surface area contributed by atoms with Crippen LogP contribution in [0.5, 0.6) is 5.75 Å². The van der Waals surface area contributed by atoms with Crippen LogP contribution in [0.4, 0.5) is 0 Å². The molecule has 1 aliphatic rings. The van der Waals surface area contributed by atoms with Gasteiger partial charge in [-0.25, -0.2) is 0 Å². The van der Waals surface area contributed by atoms with E-state index < -0.39 is 0 Å². The monoisotopic (exact) mass is 206 g/mol. The van der Waals surface area contributed by atoms with Crippen molar-refractivity contribution >= 4 is 0 Å². The van der Waals surface area contributed by atoms with E-state index in [2.05, 4.69) is 6.07 Å². The Morgan fingerprint density at radius 1 is 1.33 bits per heavy atom. The first kappa shape index (κ1) is 10.5. The summed E-state index contributed by atoms with van der Waals surface area (Å²) < 4.78 is 5.31. The molecule has 0 unspecified atom stereocenters. The molecule has 0 radical (unpaired) electrons. The number of aliphatic hydroxyl groups excluding tert-OH is 1. The van der Waals surface area contributed by atoms with Crippen molar-refractivity contribution in [3.63, 3.8) is 0 Å². The van der Waals surface area contributed by atoms with Crippen LogP contribution in [0, 0.1) is 5.92 Å². The van der Waals surface area contributed by atoms with Crippen molar-refractivity contribution in [3.8, 4) is 5.75 Å². The smallest absolute Gasteiger partial charge is 0.122 e. The molecular formula is C13H18O2. The van der Waals surface area contributed by atoms with Crippen LogP contribution in [0.2, 0.25) is 0 Å². The summed E-state index contributed by atoms with van der Waals surface area (Å²) in [5.41, 5.74) is 1.21. The summed E-state index contributed by atoms with van der Waals surface area (Å²) in [7, 11) is 1.70. The number of aliphatic hydroxyl groups is 1. The highest BCUT2D eigenvalue weighted by Crippen LogP contribution is 2.31. The topological polar surface area (TPSA) is 29.5 Å². The van der Waals surface area contributed by atoms with Crippen molar-refractivity contribution in [2.75, 3.05) is 7.11 Å². The summed E-state index contributed by atoms with van der Waals surface area (Å²) in [5.74, 6) is 1.36. The quantitative estimate of drug-likeness (QED) is 0.823. The van der Waals surface area contributed by atoms with Crippen molar-refractivity contribution in [1.29, 1.82) is 0 Å². The molecule has 2 rings (SSSR count). The van der Waals surface area contributed by atoms with Gasteiger partial charge >= 0.3 is 0 Å². The van der Waals surface area contributed by atoms with Gasteiger partial charge < -0.3 is 9.84 Å². The fraction of sp³-hybridized carbons (Fsp3) is 0.538. The fourth-order valence-corrected chi connectivity index (χ4v) is 2.41. The maximum absolute atomic E-state index is 9.77. The van der Waals surface area contributed by atoms with Crippen molar-refractivity contribution < 1.29 is 9.84 Å². The highest BCUT2D eigenvalue weighted by molar-refractivity contribution is 5.33. The number of benzene rings is 1. The van der Waals surface area contributed by atoms with Gasteiger partial charge in [-0.2, -0.15) is 0 Å². The first-order valence-electron chi connectivity index (χ1n) is 5.61. The summed E-state index contributed by atoms with van der Waals surface area (Å²) in [6, 6.07) is 8.08. The number of rotatable bonds is 3. The predicted octanol–water partition coefficient (Wildman–Crippen LogP) is 2.40. The summed E-state index contributed by atoms with van der Waals surface area (Å²) >= 11 is 0. The molecule has 0 bridgehead atoms. The van der Waals surface area contributed by atoms with E-state index in [1.54, 1.807) is 7.11 Å². The van der Waals surface area contributed by atoms with Crippen LogP contribution < -0.4 is 4.74 Å². The summed E-state index contributed by atoms with van der Waals surface area (Å²) in [6.45, 7) is 0. The average Bonchev–Trinajstić information content (AvgIpc) is 2.65. The Morgan fingerprint density at radius 2 is 2.13 bits per heavy atom. The predicted molar refractivity (Wildman–Crippen MR) is 60.0 cm³/mol. The molecular weight excluding hydrogens is 188 g/mol. The van der Waals surface area contributed by atoms with E-state index in [4.69, 9.17) is 4.74 Å². The number of para-hydroxylation sites is 1. The first-order valence-corrected chi connectivity index (χ1v) is 5.61. The van der Waals surface area contributed by atoms with E-state index in [0.29, 0.717) is 5.92 Å². The second-order valence-electron chi connectivity index (χ2n) is 4.27. The van der Waals surface area contributed by atoms with E-state index >= 15 is 0 Å². The molecule has 1 N–H and O–H groups in total. The molecule has 0 saturated heterocycles. The van der Waals surface area contributed by atoms with E-state index in [0.717, 1.165) is 31.4 Å². The van der Waals surface area contributed by atoms with Crippen molar-refractivity contribution in [2.45, 2.75) is 31.8 Å². The van der Waals surface area contributed by atoms with Crippen LogP contribution in [-0.4, -0.2) is 18.3 Å². The second-order valence-corrected chi connectivity index (χ2v) is 4.27. The van der Waals surface area contributed by atoms with Gasteiger partial charge in [-0.05, 0) is 36.8 Å². The zero-order valence-corrected chi connectivity index (χ0v) is 9.15. The largest absolute Gasteiger partial charge is 0.496 e. The Bertz CT molecular complexity index is 322. The van der Waals surface area contributed by atoms with Crippen molar-refractivity contribution in [2.24, 2.45) is 5.92 Å². The second kappa shape index (κ2) is 4.67. The first-order chi connectivity index (χ1) is 7.31. The third-order valence-electron chi connectivity index (χ3n) is 3.29. The Morgan fingerprint density at radius 3 is 2.80 bits per heavy atom. The van der Waals surface area contributed by atoms with E-state index in [-0.39, 0.29) is 6.10 Å². The highest BCUT2D eigenvalue weighted by Gasteiger charge is 2.25. The lowest BCUT2D eigenvalue weighted by Crippen LogP contribution is -2.15. The van der Waals surface area contributed by atoms with Crippen molar-refractivity contribution in [1.82, 2.24) is 0 Å². The molecule has 15 heavy (non-hydrogen) atoms. The van der Waals surface area contributed by atoms with Crippen LogP contribution in [0.25, 0.3) is 0 Å². The lowest BCUT2D eigenvalue weighted by Gasteiger charge is -2.16. The van der Waals surface area contributed by atoms with Crippen LogP contribution in [-0.2, 0) is 6.42 Å². The Hall–Kier alpha value is -1.02. The molecule has 1 aromatic rings. The molecule has 0 heterocycles. The van der Waals surface area contributed by atoms with Gasteiger partial charge in [-0.1, -0.05) is 24.6 Å². The standard InChI is InChI=1S/C13H18O2/c1-15-13-8-3-2-5-11(13)9-10-6-4-7-12(10)14/h2-3,5,8,10,12,14H,4,6-7,9H2,1H3/t10-,12-/m1/s1. The minimum absolute atomic E-state index is 0.116. The molecule has 0 amide bonds. The van der Waals surface area contributed by atoms with E-state index in [9.17, 15) is 5.11 Å². The molecule has 1 aromatic carbocycles. The van der Waals surface area contributed by atoms with Crippen LogP contribution in [0.1, 0.15) is 24.8 Å². The van der Waals surface area contributed by atoms with Gasteiger partial charge in [0.1, 0.15) is 5.75 Å². The number of ether oxygens (including phenoxy) is 1. The number of methoxy groups -OCH3 is 1. The third kappa shape index (κ3) is 2.32. The summed E-state index contributed by atoms with van der Waals surface area (Å²) in [5, 5.41) is 9.77. The minimum Gasteiger partial charge on any atom is -0.496 e. The zero-order valence-electron chi connectivity index (χ0n) is 9.15. The summed E-state index contributed by atoms with van der Waals surface area (Å²) in [4.78, 5) is 0. The van der Waals surface area contributed by atoms with Gasteiger partial charge in [-0.15, -0.1) is 0 Å². The zero-order chi connectivity index (χ0) is 10.7. The lowest BCUT2D eigenvalue weighted by molar-refractivity contribution is 0.132. The molecule has 1 fully saturated rings. The minimum atomic E-state index is -0.116. The van der Waals surface area contributed by atoms with Crippen LogP contribution in [0.3, 0.4) is 0 Å². The van der Waals surface area contributed by atoms with E-state index in [1.807, 2.05) is 18.2 Å². The fourth-order valence-electron chi connectivity index (χ4n) is 2.41. The molecule has 82 valence electrons. The Kier molecular flexibility index (Phi) is 3.27. The van der Waals surface area contributed by atoms with Gasteiger partial charge in [0, 0.05) is 0 Å². The molecule has 1 aliphatic carbocycles. The normalized spacial score (nSPS) is 25.5. The molecule has 1 saturated carbocycles. The van der Waals surface area contributed by atoms with Crippen molar-refractivity contribution in [3.05, 3.63) is 29.8 Å². The lowest BCUT2D eigenvalue weighted by atomic mass is 9.96. The molecule has 2 heteroatoms. The van der Waals surface area contributed by atoms with Gasteiger partial charge in [0.25, 0.3) is 0 Å². The SMILES string of the molecule is COc1ccccc1C[C@H]1CCC[C@H]1O. The van der Waals surface area contributed by atoms with Gasteiger partial charge in [0.2, 0.25) is 0 Å². The average molecular weight is 206 g/mol. The molecule has 0 spiro atoms. The molecule has 0 aromatic heterocycles. The maximum atomic E-state index is 9.77. The third-order valence-corrected chi connectivity index (χ3v) is 3.29. The van der Waals surface area contributed by atoms with E-state index in [1.165, 1.54) is 5.56 Å². The number of hydrogen-bond acceptors (Lipinski definition) is 2. The molecule has 2 nitrogen and oxygen atoms in total. The molecule has 2 atom stereocenters. The molecule has 0 aliphatic heterocycles. The Balaban J connectivity index is 2.09.